The topological polar surface area (TPSA) is 35.5 Å². The maximum atomic E-state index is 11.0. The van der Waals surface area contributed by atoms with Crippen LogP contribution < -0.4 is 0 Å². The monoisotopic (exact) mass is 184 g/mol. The number of hydrogen-bond donors (Lipinski definition) is 0. The van der Waals surface area contributed by atoms with Crippen molar-refractivity contribution in [1.82, 2.24) is 0 Å². The van der Waals surface area contributed by atoms with Gasteiger partial charge in [0.2, 0.25) is 0 Å². The molecule has 0 amide bonds. The molecule has 0 radical (unpaired) electrons. The van der Waals surface area contributed by atoms with E-state index in [1.807, 2.05) is 13.8 Å². The average Bonchev–Trinajstić information content (AvgIpc) is 2.12. The van der Waals surface area contributed by atoms with Gasteiger partial charge < -0.3 is 9.47 Å². The number of ether oxygens (including phenoxy) is 2. The van der Waals surface area contributed by atoms with Crippen molar-refractivity contribution in [3.63, 3.8) is 0 Å². The highest BCUT2D eigenvalue weighted by Crippen LogP contribution is 2.35. The Hall–Kier alpha value is -0.830. The fourth-order valence-corrected chi connectivity index (χ4v) is 1.62. The van der Waals surface area contributed by atoms with E-state index >= 15 is 0 Å². The molecule has 3 heteroatoms. The second-order valence-corrected chi connectivity index (χ2v) is 3.25. The molecule has 0 bridgehead atoms. The maximum absolute atomic E-state index is 11.0. The van der Waals surface area contributed by atoms with Gasteiger partial charge in [-0.2, -0.15) is 0 Å². The molecule has 2 unspecified atom stereocenters. The van der Waals surface area contributed by atoms with Crippen molar-refractivity contribution in [1.29, 1.82) is 0 Å². The second-order valence-electron chi connectivity index (χ2n) is 3.25. The van der Waals surface area contributed by atoms with Gasteiger partial charge in [-0.25, -0.2) is 4.79 Å². The average molecular weight is 184 g/mol. The predicted octanol–water partition coefficient (Wildman–Crippen LogP) is 1.67. The first-order valence-corrected chi connectivity index (χ1v) is 4.65. The van der Waals surface area contributed by atoms with Crippen LogP contribution in [-0.2, 0) is 14.3 Å². The van der Waals surface area contributed by atoms with Gasteiger partial charge in [0.25, 0.3) is 0 Å². The van der Waals surface area contributed by atoms with Crippen LogP contribution in [0.1, 0.15) is 26.7 Å². The maximum Gasteiger partial charge on any atom is 0.330 e. The summed E-state index contributed by atoms with van der Waals surface area (Å²) in [5.41, 5.74) is -0.389. The van der Waals surface area contributed by atoms with Crippen LogP contribution in [0.25, 0.3) is 0 Å². The Balaban J connectivity index is 2.60. The van der Waals surface area contributed by atoms with E-state index in [-0.39, 0.29) is 17.7 Å². The van der Waals surface area contributed by atoms with Crippen LogP contribution in [-0.4, -0.2) is 24.3 Å². The van der Waals surface area contributed by atoms with Crippen molar-refractivity contribution < 1.29 is 14.3 Å². The van der Waals surface area contributed by atoms with Gasteiger partial charge in [-0.1, -0.05) is 20.4 Å². The van der Waals surface area contributed by atoms with Gasteiger partial charge in [0, 0.05) is 6.08 Å². The minimum atomic E-state index is -0.389. The van der Waals surface area contributed by atoms with E-state index in [9.17, 15) is 4.79 Å². The lowest BCUT2D eigenvalue weighted by Crippen LogP contribution is -2.60. The van der Waals surface area contributed by atoms with Gasteiger partial charge in [0.05, 0.1) is 12.7 Å². The molecule has 2 atom stereocenters. The van der Waals surface area contributed by atoms with Gasteiger partial charge in [0.15, 0.2) is 5.60 Å². The van der Waals surface area contributed by atoms with Crippen molar-refractivity contribution in [3.8, 4) is 0 Å². The highest BCUT2D eigenvalue weighted by Gasteiger charge is 2.49. The summed E-state index contributed by atoms with van der Waals surface area (Å²) in [6, 6.07) is 0. The van der Waals surface area contributed by atoms with E-state index in [1.54, 1.807) is 0 Å². The third-order valence-corrected chi connectivity index (χ3v) is 2.56. The number of carbonyl (C=O) groups is 1. The molecule has 0 spiro atoms. The Labute approximate surface area is 78.7 Å². The summed E-state index contributed by atoms with van der Waals surface area (Å²) in [5, 5.41) is 0. The SMILES string of the molecule is C=CC(=O)OC1(CC)COC1CC. The summed E-state index contributed by atoms with van der Waals surface area (Å²) in [4.78, 5) is 11.0. The van der Waals surface area contributed by atoms with Gasteiger partial charge in [-0.3, -0.25) is 0 Å². The molecule has 1 aliphatic rings. The molecule has 74 valence electrons. The summed E-state index contributed by atoms with van der Waals surface area (Å²) < 4.78 is 10.6. The molecule has 0 aromatic rings. The van der Waals surface area contributed by atoms with Gasteiger partial charge >= 0.3 is 5.97 Å². The van der Waals surface area contributed by atoms with Gasteiger partial charge in [0.1, 0.15) is 0 Å². The van der Waals surface area contributed by atoms with Crippen molar-refractivity contribution >= 4 is 5.97 Å². The summed E-state index contributed by atoms with van der Waals surface area (Å²) in [7, 11) is 0. The van der Waals surface area contributed by atoms with E-state index < -0.39 is 0 Å². The lowest BCUT2D eigenvalue weighted by atomic mass is 9.87. The number of esters is 1. The molecule has 0 aliphatic carbocycles. The van der Waals surface area contributed by atoms with Crippen LogP contribution in [0.15, 0.2) is 12.7 Å². The van der Waals surface area contributed by atoms with Crippen LogP contribution in [0.2, 0.25) is 0 Å². The lowest BCUT2D eigenvalue weighted by Gasteiger charge is -2.47. The van der Waals surface area contributed by atoms with Crippen LogP contribution in [0.3, 0.4) is 0 Å². The first-order chi connectivity index (χ1) is 6.18. The molecule has 0 N–H and O–H groups in total. The van der Waals surface area contributed by atoms with Gasteiger partial charge in [-0.05, 0) is 12.8 Å². The van der Waals surface area contributed by atoms with Crippen LogP contribution >= 0.6 is 0 Å². The molecular weight excluding hydrogens is 168 g/mol. The standard InChI is InChI=1S/C10H16O3/c1-4-8-10(6-3,7-12-8)13-9(11)5-2/h5,8H,2,4,6-7H2,1,3H3. The quantitative estimate of drug-likeness (QED) is 0.492. The zero-order valence-electron chi connectivity index (χ0n) is 8.21. The minimum absolute atomic E-state index is 0.0569. The molecule has 1 rings (SSSR count). The molecule has 0 aromatic carbocycles. The molecule has 13 heavy (non-hydrogen) atoms. The molecule has 0 saturated carbocycles. The van der Waals surface area contributed by atoms with E-state index in [2.05, 4.69) is 6.58 Å². The largest absolute Gasteiger partial charge is 0.451 e. The number of carbonyl (C=O) groups excluding carboxylic acids is 1. The zero-order chi connectivity index (χ0) is 9.90. The van der Waals surface area contributed by atoms with Crippen LogP contribution in [0, 0.1) is 0 Å². The minimum Gasteiger partial charge on any atom is -0.451 e. The van der Waals surface area contributed by atoms with E-state index in [0.717, 1.165) is 12.8 Å². The summed E-state index contributed by atoms with van der Waals surface area (Å²) in [6.07, 6.45) is 2.92. The van der Waals surface area contributed by atoms with E-state index in [1.165, 1.54) is 6.08 Å². The molecule has 1 fully saturated rings. The first kappa shape index (κ1) is 10.3. The summed E-state index contributed by atoms with van der Waals surface area (Å²) >= 11 is 0. The smallest absolute Gasteiger partial charge is 0.330 e. The van der Waals surface area contributed by atoms with Crippen molar-refractivity contribution in [3.05, 3.63) is 12.7 Å². The van der Waals surface area contributed by atoms with E-state index in [0.29, 0.717) is 6.61 Å². The summed E-state index contributed by atoms with van der Waals surface area (Å²) in [6.45, 7) is 7.91. The Morgan fingerprint density at radius 2 is 2.46 bits per heavy atom. The highest BCUT2D eigenvalue weighted by molar-refractivity contribution is 5.81. The molecule has 3 nitrogen and oxygen atoms in total. The molecule has 1 heterocycles. The molecule has 1 aliphatic heterocycles. The Morgan fingerprint density at radius 3 is 2.77 bits per heavy atom. The van der Waals surface area contributed by atoms with Crippen molar-refractivity contribution in [2.24, 2.45) is 0 Å². The third kappa shape index (κ3) is 1.75. The van der Waals surface area contributed by atoms with E-state index in [4.69, 9.17) is 9.47 Å². The second kappa shape index (κ2) is 3.92. The fraction of sp³-hybridized carbons (Fsp3) is 0.700. The number of rotatable bonds is 4. The fourth-order valence-electron chi connectivity index (χ4n) is 1.62. The Bertz CT molecular complexity index is 206. The summed E-state index contributed by atoms with van der Waals surface area (Å²) in [5.74, 6) is -0.358. The number of hydrogen-bond acceptors (Lipinski definition) is 3. The van der Waals surface area contributed by atoms with Crippen LogP contribution in [0.4, 0.5) is 0 Å². The first-order valence-electron chi connectivity index (χ1n) is 4.65. The predicted molar refractivity (Wildman–Crippen MR) is 49.3 cm³/mol. The zero-order valence-corrected chi connectivity index (χ0v) is 8.21. The van der Waals surface area contributed by atoms with Gasteiger partial charge in [-0.15, -0.1) is 0 Å². The van der Waals surface area contributed by atoms with Crippen LogP contribution in [0.5, 0.6) is 0 Å². The molecular formula is C10H16O3. The Morgan fingerprint density at radius 1 is 1.77 bits per heavy atom. The van der Waals surface area contributed by atoms with Crippen molar-refractivity contribution in [2.45, 2.75) is 38.4 Å². The molecule has 0 aromatic heterocycles. The molecule has 1 saturated heterocycles. The Kier molecular flexibility index (Phi) is 3.09. The normalized spacial score (nSPS) is 32.0. The lowest BCUT2D eigenvalue weighted by molar-refractivity contribution is -0.252. The third-order valence-electron chi connectivity index (χ3n) is 2.56. The highest BCUT2D eigenvalue weighted by atomic mass is 16.6. The van der Waals surface area contributed by atoms with Crippen molar-refractivity contribution in [2.75, 3.05) is 6.61 Å².